The van der Waals surface area contributed by atoms with Gasteiger partial charge in [0.25, 0.3) is 0 Å². The number of aryl methyl sites for hydroxylation is 1. The van der Waals surface area contributed by atoms with Gasteiger partial charge in [-0.1, -0.05) is 36.8 Å². The van der Waals surface area contributed by atoms with E-state index in [1.165, 1.54) is 5.56 Å². The molecule has 0 unspecified atom stereocenters. The number of nitrogens with zero attached hydrogens (tertiary/aromatic N) is 3. The van der Waals surface area contributed by atoms with Crippen LogP contribution in [0.15, 0.2) is 63.8 Å². The van der Waals surface area contributed by atoms with Gasteiger partial charge in [0.1, 0.15) is 0 Å². The summed E-state index contributed by atoms with van der Waals surface area (Å²) < 4.78 is 29.8. The van der Waals surface area contributed by atoms with Crippen LogP contribution in [0.25, 0.3) is 11.3 Å². The monoisotopic (exact) mass is 455 g/mol. The van der Waals surface area contributed by atoms with E-state index in [4.69, 9.17) is 4.99 Å². The van der Waals surface area contributed by atoms with E-state index in [9.17, 15) is 8.42 Å². The summed E-state index contributed by atoms with van der Waals surface area (Å²) in [6.07, 6.45) is 1.85. The molecule has 0 bridgehead atoms. The van der Waals surface area contributed by atoms with Gasteiger partial charge >= 0.3 is 0 Å². The minimum Gasteiger partial charge on any atom is -0.317 e. The predicted octanol–water partition coefficient (Wildman–Crippen LogP) is 5.20. The van der Waals surface area contributed by atoms with E-state index in [0.29, 0.717) is 23.9 Å². The number of rotatable bonds is 5. The number of piperidine rings is 1. The summed E-state index contributed by atoms with van der Waals surface area (Å²) in [6.45, 7) is 8.35. The SMILES string of the molecule is CCn1c(-c2ccc(S(=O)(=O)N3CCC(C)CC3)cc2)csc1=Nc1ccc(C)cc1. The highest BCUT2D eigenvalue weighted by Crippen LogP contribution is 2.26. The summed E-state index contributed by atoms with van der Waals surface area (Å²) in [7, 11) is -3.43. The Labute approximate surface area is 188 Å². The first-order valence-electron chi connectivity index (χ1n) is 10.8. The van der Waals surface area contributed by atoms with Gasteiger partial charge in [-0.05, 0) is 62.4 Å². The molecule has 0 radical (unpaired) electrons. The second kappa shape index (κ2) is 9.10. The Morgan fingerprint density at radius 3 is 2.29 bits per heavy atom. The Kier molecular flexibility index (Phi) is 6.46. The minimum atomic E-state index is -3.43. The standard InChI is InChI=1S/C24H29N3O2S2/c1-4-27-23(17-30-24(27)25-21-9-5-18(2)6-10-21)20-7-11-22(12-8-20)31(28,29)26-15-13-19(3)14-16-26/h5-12,17,19H,4,13-16H2,1-3H3. The van der Waals surface area contributed by atoms with Crippen molar-refractivity contribution in [1.82, 2.24) is 8.87 Å². The van der Waals surface area contributed by atoms with Crippen LogP contribution in [0, 0.1) is 12.8 Å². The molecular formula is C24H29N3O2S2. The third-order valence-electron chi connectivity index (χ3n) is 5.90. The Hall–Kier alpha value is -2.22. The molecule has 1 aliphatic rings. The molecular weight excluding hydrogens is 426 g/mol. The van der Waals surface area contributed by atoms with Crippen LogP contribution in [-0.4, -0.2) is 30.4 Å². The van der Waals surface area contributed by atoms with E-state index < -0.39 is 10.0 Å². The van der Waals surface area contributed by atoms with Crippen LogP contribution >= 0.6 is 11.3 Å². The molecule has 0 saturated carbocycles. The van der Waals surface area contributed by atoms with E-state index in [2.05, 4.69) is 42.9 Å². The van der Waals surface area contributed by atoms with Gasteiger partial charge < -0.3 is 4.57 Å². The lowest BCUT2D eigenvalue weighted by Crippen LogP contribution is -2.37. The van der Waals surface area contributed by atoms with E-state index in [1.54, 1.807) is 27.8 Å². The summed E-state index contributed by atoms with van der Waals surface area (Å²) in [4.78, 5) is 6.10. The highest BCUT2D eigenvalue weighted by atomic mass is 32.2. The molecule has 7 heteroatoms. The number of benzene rings is 2. The van der Waals surface area contributed by atoms with Crippen LogP contribution in [0.5, 0.6) is 0 Å². The van der Waals surface area contributed by atoms with Gasteiger partial charge in [0.2, 0.25) is 10.0 Å². The van der Waals surface area contributed by atoms with Crippen LogP contribution in [0.3, 0.4) is 0 Å². The Morgan fingerprint density at radius 1 is 1.03 bits per heavy atom. The largest absolute Gasteiger partial charge is 0.317 e. The molecule has 1 fully saturated rings. The van der Waals surface area contributed by atoms with E-state index in [-0.39, 0.29) is 0 Å². The molecule has 1 saturated heterocycles. The Bertz CT molecular complexity index is 1200. The van der Waals surface area contributed by atoms with Gasteiger partial charge in [0, 0.05) is 25.0 Å². The van der Waals surface area contributed by atoms with Crippen LogP contribution < -0.4 is 4.80 Å². The number of thiazole rings is 1. The molecule has 4 rings (SSSR count). The predicted molar refractivity (Wildman–Crippen MR) is 127 cm³/mol. The first-order chi connectivity index (χ1) is 14.9. The molecule has 0 spiro atoms. The Morgan fingerprint density at radius 2 is 1.68 bits per heavy atom. The lowest BCUT2D eigenvalue weighted by atomic mass is 10.0. The van der Waals surface area contributed by atoms with Gasteiger partial charge in [-0.25, -0.2) is 13.4 Å². The lowest BCUT2D eigenvalue weighted by molar-refractivity contribution is 0.288. The second-order valence-electron chi connectivity index (χ2n) is 8.21. The zero-order valence-electron chi connectivity index (χ0n) is 18.3. The number of sulfonamides is 1. The molecule has 1 aromatic heterocycles. The maximum absolute atomic E-state index is 13.0. The van der Waals surface area contributed by atoms with Gasteiger partial charge in [-0.15, -0.1) is 11.3 Å². The zero-order valence-corrected chi connectivity index (χ0v) is 19.9. The quantitative estimate of drug-likeness (QED) is 0.531. The first kappa shape index (κ1) is 22.0. The average Bonchev–Trinajstić information content (AvgIpc) is 3.18. The van der Waals surface area contributed by atoms with Crippen LogP contribution in [-0.2, 0) is 16.6 Å². The fraction of sp³-hybridized carbons (Fsp3) is 0.375. The topological polar surface area (TPSA) is 54.7 Å². The van der Waals surface area contributed by atoms with Crippen LogP contribution in [0.4, 0.5) is 5.69 Å². The summed E-state index contributed by atoms with van der Waals surface area (Å²) in [6, 6.07) is 15.4. The van der Waals surface area contributed by atoms with Crippen molar-refractivity contribution in [3.8, 4) is 11.3 Å². The van der Waals surface area contributed by atoms with Crippen LogP contribution in [0.1, 0.15) is 32.3 Å². The van der Waals surface area contributed by atoms with Gasteiger partial charge in [-0.3, -0.25) is 0 Å². The minimum absolute atomic E-state index is 0.369. The molecule has 3 aromatic rings. The van der Waals surface area contributed by atoms with Crippen molar-refractivity contribution in [1.29, 1.82) is 0 Å². The van der Waals surface area contributed by atoms with Gasteiger partial charge in [-0.2, -0.15) is 4.31 Å². The van der Waals surface area contributed by atoms with Crippen molar-refractivity contribution in [2.45, 2.75) is 45.1 Å². The molecule has 2 heterocycles. The summed E-state index contributed by atoms with van der Waals surface area (Å²) in [5.74, 6) is 0.594. The third kappa shape index (κ3) is 4.68. The van der Waals surface area contributed by atoms with Crippen molar-refractivity contribution in [3.05, 3.63) is 64.3 Å². The highest BCUT2D eigenvalue weighted by Gasteiger charge is 2.28. The third-order valence-corrected chi connectivity index (χ3v) is 8.68. The van der Waals surface area contributed by atoms with E-state index >= 15 is 0 Å². The summed E-state index contributed by atoms with van der Waals surface area (Å²) in [5.41, 5.74) is 4.19. The number of aromatic nitrogens is 1. The maximum atomic E-state index is 13.0. The first-order valence-corrected chi connectivity index (χ1v) is 13.1. The Balaban J connectivity index is 1.62. The fourth-order valence-electron chi connectivity index (χ4n) is 3.86. The van der Waals surface area contributed by atoms with E-state index in [0.717, 1.165) is 41.1 Å². The molecule has 0 aliphatic carbocycles. The lowest BCUT2D eigenvalue weighted by Gasteiger charge is -2.29. The summed E-state index contributed by atoms with van der Waals surface area (Å²) in [5, 5.41) is 2.09. The van der Waals surface area contributed by atoms with Crippen molar-refractivity contribution in [2.75, 3.05) is 13.1 Å². The highest BCUT2D eigenvalue weighted by molar-refractivity contribution is 7.89. The molecule has 164 valence electrons. The molecule has 0 atom stereocenters. The molecule has 31 heavy (non-hydrogen) atoms. The van der Waals surface area contributed by atoms with Crippen molar-refractivity contribution in [2.24, 2.45) is 10.9 Å². The number of hydrogen-bond acceptors (Lipinski definition) is 4. The second-order valence-corrected chi connectivity index (χ2v) is 11.0. The zero-order chi connectivity index (χ0) is 22.0. The average molecular weight is 456 g/mol. The molecule has 2 aromatic carbocycles. The van der Waals surface area contributed by atoms with Gasteiger partial charge in [0.15, 0.2) is 4.80 Å². The fourth-order valence-corrected chi connectivity index (χ4v) is 6.32. The number of hydrogen-bond donors (Lipinski definition) is 0. The smallest absolute Gasteiger partial charge is 0.243 e. The molecule has 0 N–H and O–H groups in total. The van der Waals surface area contributed by atoms with Crippen molar-refractivity contribution in [3.63, 3.8) is 0 Å². The molecule has 1 aliphatic heterocycles. The summed E-state index contributed by atoms with van der Waals surface area (Å²) >= 11 is 1.60. The molecule has 0 amide bonds. The molecule has 5 nitrogen and oxygen atoms in total. The van der Waals surface area contributed by atoms with Crippen molar-refractivity contribution < 1.29 is 8.42 Å². The van der Waals surface area contributed by atoms with E-state index in [1.807, 2.05) is 24.3 Å². The van der Waals surface area contributed by atoms with Crippen molar-refractivity contribution >= 4 is 27.0 Å². The normalized spacial score (nSPS) is 16.7. The maximum Gasteiger partial charge on any atom is 0.243 e. The van der Waals surface area contributed by atoms with Crippen LogP contribution in [0.2, 0.25) is 0 Å². The van der Waals surface area contributed by atoms with Gasteiger partial charge in [0.05, 0.1) is 16.3 Å².